The maximum Gasteiger partial charge on any atom is 0.261 e. The summed E-state index contributed by atoms with van der Waals surface area (Å²) in [5, 5.41) is 1.54. The molecule has 0 N–H and O–H groups in total. The Balaban J connectivity index is 1.70. The summed E-state index contributed by atoms with van der Waals surface area (Å²) in [6.45, 7) is 8.52. The molecule has 1 saturated heterocycles. The van der Waals surface area contributed by atoms with Crippen molar-refractivity contribution in [3.05, 3.63) is 57.1 Å². The maximum absolute atomic E-state index is 13.5. The van der Waals surface area contributed by atoms with Crippen LogP contribution in [0.25, 0.3) is 10.2 Å². The Morgan fingerprint density at radius 2 is 1.97 bits per heavy atom. The summed E-state index contributed by atoms with van der Waals surface area (Å²) in [5.74, 6) is -0.191. The number of morpholine rings is 1. The van der Waals surface area contributed by atoms with E-state index in [4.69, 9.17) is 32.9 Å². The molecule has 1 amide bonds. The van der Waals surface area contributed by atoms with Crippen molar-refractivity contribution < 1.29 is 9.53 Å². The van der Waals surface area contributed by atoms with Gasteiger partial charge in [-0.1, -0.05) is 40.6 Å². The third-order valence-electron chi connectivity index (χ3n) is 5.20. The third kappa shape index (κ3) is 4.63. The van der Waals surface area contributed by atoms with E-state index in [-0.39, 0.29) is 5.91 Å². The Morgan fingerprint density at radius 3 is 2.73 bits per heavy atom. The zero-order valence-electron chi connectivity index (χ0n) is 17.0. The van der Waals surface area contributed by atoms with Gasteiger partial charge in [0.25, 0.3) is 5.91 Å². The number of aromatic nitrogens is 1. The minimum absolute atomic E-state index is 0.191. The van der Waals surface area contributed by atoms with Gasteiger partial charge in [-0.3, -0.25) is 14.6 Å². The summed E-state index contributed by atoms with van der Waals surface area (Å²) in [5.41, 5.74) is 3.61. The predicted octanol–water partition coefficient (Wildman–Crippen LogP) is 5.20. The second kappa shape index (κ2) is 9.20. The third-order valence-corrected chi connectivity index (χ3v) is 6.79. The van der Waals surface area contributed by atoms with Crippen molar-refractivity contribution in [3.63, 3.8) is 0 Å². The smallest absolute Gasteiger partial charge is 0.261 e. The first-order valence-electron chi connectivity index (χ1n) is 9.87. The van der Waals surface area contributed by atoms with Crippen LogP contribution in [0.2, 0.25) is 10.0 Å². The lowest BCUT2D eigenvalue weighted by atomic mass is 10.1. The minimum atomic E-state index is -0.191. The second-order valence-electron chi connectivity index (χ2n) is 7.46. The first-order valence-corrected chi connectivity index (χ1v) is 11.4. The normalized spacial score (nSPS) is 14.9. The molecule has 30 heavy (non-hydrogen) atoms. The Morgan fingerprint density at radius 1 is 1.20 bits per heavy atom. The summed E-state index contributed by atoms with van der Waals surface area (Å²) in [6, 6.07) is 9.18. The van der Waals surface area contributed by atoms with Crippen LogP contribution in [0.15, 0.2) is 30.3 Å². The fourth-order valence-electron chi connectivity index (χ4n) is 3.63. The number of nitrogens with zero attached hydrogens (tertiary/aromatic N) is 3. The quantitative estimate of drug-likeness (QED) is 0.521. The van der Waals surface area contributed by atoms with Crippen LogP contribution in [0, 0.1) is 13.8 Å². The van der Waals surface area contributed by atoms with Crippen LogP contribution in [0.4, 0.5) is 5.13 Å². The highest BCUT2D eigenvalue weighted by Crippen LogP contribution is 2.33. The molecule has 1 aromatic heterocycles. The molecule has 8 heteroatoms. The number of fused-ring (bicyclic) bond motifs is 1. The molecule has 4 rings (SSSR count). The molecule has 1 fully saturated rings. The fraction of sp³-hybridized carbons (Fsp3) is 0.364. The molecule has 3 aromatic rings. The molecule has 0 spiro atoms. The highest BCUT2D eigenvalue weighted by atomic mass is 35.5. The van der Waals surface area contributed by atoms with Crippen molar-refractivity contribution in [2.45, 2.75) is 13.8 Å². The molecule has 158 valence electrons. The number of carbonyl (C=O) groups is 1. The van der Waals surface area contributed by atoms with Gasteiger partial charge in [0.1, 0.15) is 0 Å². The van der Waals surface area contributed by atoms with Crippen LogP contribution in [0.3, 0.4) is 0 Å². The number of anilines is 1. The number of carbonyl (C=O) groups excluding carboxylic acids is 1. The lowest BCUT2D eigenvalue weighted by molar-refractivity contribution is 0.0391. The number of rotatable bonds is 5. The standard InChI is InChI=1S/C22H23Cl2N3O2S/c1-14-11-15(2)20-19(12-14)30-22(25-20)27(6-5-26-7-9-29-10-8-26)21(28)17-13-16(23)3-4-18(17)24/h3-4,11-13H,5-10H2,1-2H3. The van der Waals surface area contributed by atoms with E-state index < -0.39 is 0 Å². The molecule has 0 bridgehead atoms. The van der Waals surface area contributed by atoms with Gasteiger partial charge in [-0.05, 0) is 49.2 Å². The number of hydrogen-bond acceptors (Lipinski definition) is 5. The van der Waals surface area contributed by atoms with Gasteiger partial charge in [-0.25, -0.2) is 4.98 Å². The number of aryl methyl sites for hydroxylation is 2. The SMILES string of the molecule is Cc1cc(C)c2nc(N(CCN3CCOCC3)C(=O)c3cc(Cl)ccc3Cl)sc2c1. The van der Waals surface area contributed by atoms with E-state index in [0.29, 0.717) is 40.5 Å². The fourth-order valence-corrected chi connectivity index (χ4v) is 5.17. The Kier molecular flexibility index (Phi) is 6.60. The van der Waals surface area contributed by atoms with Gasteiger partial charge in [0.2, 0.25) is 0 Å². The predicted molar refractivity (Wildman–Crippen MR) is 124 cm³/mol. The molecule has 1 aliphatic rings. The van der Waals surface area contributed by atoms with E-state index in [9.17, 15) is 4.79 Å². The van der Waals surface area contributed by atoms with E-state index >= 15 is 0 Å². The summed E-state index contributed by atoms with van der Waals surface area (Å²) < 4.78 is 6.51. The average molecular weight is 464 g/mol. The zero-order chi connectivity index (χ0) is 21.3. The van der Waals surface area contributed by atoms with Crippen LogP contribution in [-0.4, -0.2) is 55.2 Å². The lowest BCUT2D eigenvalue weighted by Crippen LogP contribution is -2.43. The van der Waals surface area contributed by atoms with Gasteiger partial charge in [0, 0.05) is 31.2 Å². The van der Waals surface area contributed by atoms with E-state index in [0.717, 1.165) is 35.4 Å². The van der Waals surface area contributed by atoms with Crippen molar-refractivity contribution in [2.24, 2.45) is 0 Å². The van der Waals surface area contributed by atoms with Crippen molar-refractivity contribution in [2.75, 3.05) is 44.3 Å². The number of thiazole rings is 1. The van der Waals surface area contributed by atoms with Crippen LogP contribution in [-0.2, 0) is 4.74 Å². The number of halogens is 2. The van der Waals surface area contributed by atoms with Gasteiger partial charge in [-0.15, -0.1) is 0 Å². The van der Waals surface area contributed by atoms with Crippen LogP contribution in [0.1, 0.15) is 21.5 Å². The molecular formula is C22H23Cl2N3O2S. The Labute approximate surface area is 190 Å². The summed E-state index contributed by atoms with van der Waals surface area (Å²) in [6.07, 6.45) is 0. The summed E-state index contributed by atoms with van der Waals surface area (Å²) >= 11 is 14.0. The van der Waals surface area contributed by atoms with Crippen molar-refractivity contribution >= 4 is 55.8 Å². The maximum atomic E-state index is 13.5. The van der Waals surface area contributed by atoms with E-state index in [1.807, 2.05) is 6.92 Å². The molecule has 0 atom stereocenters. The van der Waals surface area contributed by atoms with Crippen molar-refractivity contribution in [1.29, 1.82) is 0 Å². The van der Waals surface area contributed by atoms with Crippen LogP contribution in [0.5, 0.6) is 0 Å². The minimum Gasteiger partial charge on any atom is -0.379 e. The number of benzene rings is 2. The monoisotopic (exact) mass is 463 g/mol. The highest BCUT2D eigenvalue weighted by Gasteiger charge is 2.25. The molecule has 2 heterocycles. The van der Waals surface area contributed by atoms with Gasteiger partial charge in [-0.2, -0.15) is 0 Å². The molecular weight excluding hydrogens is 441 g/mol. The van der Waals surface area contributed by atoms with Gasteiger partial charge in [0.05, 0.1) is 34.0 Å². The Hall–Kier alpha value is -1.70. The zero-order valence-corrected chi connectivity index (χ0v) is 19.3. The number of hydrogen-bond donors (Lipinski definition) is 0. The topological polar surface area (TPSA) is 45.7 Å². The second-order valence-corrected chi connectivity index (χ2v) is 9.31. The first kappa shape index (κ1) is 21.5. The van der Waals surface area contributed by atoms with Crippen LogP contribution < -0.4 is 4.90 Å². The Bertz CT molecular complexity index is 1080. The molecule has 0 radical (unpaired) electrons. The molecule has 2 aromatic carbocycles. The lowest BCUT2D eigenvalue weighted by Gasteiger charge is -2.29. The molecule has 0 saturated carbocycles. The van der Waals surface area contributed by atoms with Gasteiger partial charge < -0.3 is 4.74 Å². The first-order chi connectivity index (χ1) is 14.4. The highest BCUT2D eigenvalue weighted by molar-refractivity contribution is 7.22. The summed E-state index contributed by atoms with van der Waals surface area (Å²) in [7, 11) is 0. The van der Waals surface area contributed by atoms with E-state index in [1.54, 1.807) is 23.1 Å². The van der Waals surface area contributed by atoms with E-state index in [1.165, 1.54) is 16.9 Å². The molecule has 1 aliphatic heterocycles. The van der Waals surface area contributed by atoms with E-state index in [2.05, 4.69) is 24.0 Å². The summed E-state index contributed by atoms with van der Waals surface area (Å²) in [4.78, 5) is 22.4. The van der Waals surface area contributed by atoms with Gasteiger partial charge in [0.15, 0.2) is 5.13 Å². The molecule has 0 unspecified atom stereocenters. The molecule has 0 aliphatic carbocycles. The number of amides is 1. The van der Waals surface area contributed by atoms with Gasteiger partial charge >= 0.3 is 0 Å². The largest absolute Gasteiger partial charge is 0.379 e. The number of ether oxygens (including phenoxy) is 1. The van der Waals surface area contributed by atoms with Crippen molar-refractivity contribution in [1.82, 2.24) is 9.88 Å². The van der Waals surface area contributed by atoms with Crippen molar-refractivity contribution in [3.8, 4) is 0 Å². The van der Waals surface area contributed by atoms with Crippen LogP contribution >= 0.6 is 34.5 Å². The average Bonchev–Trinajstić information content (AvgIpc) is 3.14. The molecule has 5 nitrogen and oxygen atoms in total.